The molecular weight excluding hydrogens is 280 g/mol. The second-order valence-electron chi connectivity index (χ2n) is 5.39. The van der Waals surface area contributed by atoms with Crippen LogP contribution in [0.4, 0.5) is 0 Å². The zero-order valence-corrected chi connectivity index (χ0v) is 12.8. The van der Waals surface area contributed by atoms with Crippen LogP contribution in [0.25, 0.3) is 0 Å². The molecule has 0 radical (unpaired) electrons. The molecule has 4 heteroatoms. The van der Waals surface area contributed by atoms with Gasteiger partial charge in [-0.05, 0) is 29.8 Å². The van der Waals surface area contributed by atoms with E-state index in [0.717, 1.165) is 5.56 Å². The first-order valence-corrected chi connectivity index (χ1v) is 7.06. The number of rotatable bonds is 6. The van der Waals surface area contributed by atoms with Gasteiger partial charge in [-0.3, -0.25) is 0 Å². The van der Waals surface area contributed by atoms with E-state index >= 15 is 0 Å². The number of methoxy groups -OCH3 is 1. The molecule has 1 N–H and O–H groups in total. The normalized spacial score (nSPS) is 13.2. The van der Waals surface area contributed by atoms with E-state index in [1.165, 1.54) is 0 Å². The van der Waals surface area contributed by atoms with Gasteiger partial charge in [0.2, 0.25) is 0 Å². The van der Waals surface area contributed by atoms with Crippen molar-refractivity contribution in [3.05, 3.63) is 65.7 Å². The Bertz CT molecular complexity index is 607. The van der Waals surface area contributed by atoms with E-state index in [1.807, 2.05) is 37.3 Å². The van der Waals surface area contributed by atoms with Crippen LogP contribution in [0.2, 0.25) is 0 Å². The van der Waals surface area contributed by atoms with Crippen LogP contribution in [0.1, 0.15) is 22.8 Å². The summed E-state index contributed by atoms with van der Waals surface area (Å²) in [5, 5.41) is 9.68. The van der Waals surface area contributed by atoms with Crippen molar-refractivity contribution >= 4 is 5.97 Å². The number of carbonyl (C=O) groups excluding carboxylic acids is 1. The maximum atomic E-state index is 12.1. The molecule has 2 rings (SSSR count). The molecule has 0 saturated carbocycles. The Morgan fingerprint density at radius 3 is 2.27 bits per heavy atom. The average Bonchev–Trinajstić information content (AvgIpc) is 2.60. The number of benzene rings is 2. The lowest BCUT2D eigenvalue weighted by atomic mass is 9.84. The van der Waals surface area contributed by atoms with Crippen LogP contribution in [0, 0.1) is 0 Å². The summed E-state index contributed by atoms with van der Waals surface area (Å²) >= 11 is 0. The van der Waals surface area contributed by atoms with Crippen molar-refractivity contribution in [1.29, 1.82) is 0 Å². The number of hydrogen-bond donors (Lipinski definition) is 1. The van der Waals surface area contributed by atoms with Gasteiger partial charge in [0.05, 0.1) is 19.3 Å². The van der Waals surface area contributed by atoms with Crippen molar-refractivity contribution < 1.29 is 19.4 Å². The third kappa shape index (κ3) is 3.65. The van der Waals surface area contributed by atoms with Crippen molar-refractivity contribution in [3.8, 4) is 5.75 Å². The standard InChI is InChI=1S/C18H20O4/c1-18(12-19,15-6-4-3-5-7-15)13-22-17(20)14-8-10-16(21-2)11-9-14/h3-11,19H,12-13H2,1-2H3/t18-/m0/s1. The molecule has 0 fully saturated rings. The zero-order chi connectivity index (χ0) is 16.0. The van der Waals surface area contributed by atoms with Gasteiger partial charge in [0.15, 0.2) is 0 Å². The molecule has 0 unspecified atom stereocenters. The largest absolute Gasteiger partial charge is 0.497 e. The van der Waals surface area contributed by atoms with Crippen molar-refractivity contribution in [3.63, 3.8) is 0 Å². The fourth-order valence-corrected chi connectivity index (χ4v) is 2.10. The van der Waals surface area contributed by atoms with Gasteiger partial charge >= 0.3 is 5.97 Å². The van der Waals surface area contributed by atoms with Crippen LogP contribution in [-0.2, 0) is 10.2 Å². The van der Waals surface area contributed by atoms with Crippen LogP contribution in [0.5, 0.6) is 5.75 Å². The maximum absolute atomic E-state index is 12.1. The zero-order valence-electron chi connectivity index (χ0n) is 12.8. The predicted molar refractivity (Wildman–Crippen MR) is 84.2 cm³/mol. The highest BCUT2D eigenvalue weighted by atomic mass is 16.5. The first-order valence-electron chi connectivity index (χ1n) is 7.06. The summed E-state index contributed by atoms with van der Waals surface area (Å²) in [6.45, 7) is 1.87. The highest BCUT2D eigenvalue weighted by Crippen LogP contribution is 2.24. The highest BCUT2D eigenvalue weighted by molar-refractivity contribution is 5.89. The Labute approximate surface area is 130 Å². The third-order valence-electron chi connectivity index (χ3n) is 3.67. The fraction of sp³-hybridized carbons (Fsp3) is 0.278. The van der Waals surface area contributed by atoms with Crippen LogP contribution < -0.4 is 4.74 Å². The minimum Gasteiger partial charge on any atom is -0.497 e. The monoisotopic (exact) mass is 300 g/mol. The molecule has 0 aromatic heterocycles. The second-order valence-corrected chi connectivity index (χ2v) is 5.39. The van der Waals surface area contributed by atoms with Crippen LogP contribution in [0.3, 0.4) is 0 Å². The Morgan fingerprint density at radius 1 is 1.09 bits per heavy atom. The van der Waals surface area contributed by atoms with Crippen LogP contribution in [-0.4, -0.2) is 31.4 Å². The molecule has 4 nitrogen and oxygen atoms in total. The molecule has 0 heterocycles. The summed E-state index contributed by atoms with van der Waals surface area (Å²) < 4.78 is 10.4. The molecule has 2 aromatic carbocycles. The van der Waals surface area contributed by atoms with E-state index < -0.39 is 11.4 Å². The summed E-state index contributed by atoms with van der Waals surface area (Å²) in [6.07, 6.45) is 0. The highest BCUT2D eigenvalue weighted by Gasteiger charge is 2.28. The summed E-state index contributed by atoms with van der Waals surface area (Å²) in [4.78, 5) is 12.1. The Balaban J connectivity index is 2.05. The van der Waals surface area contributed by atoms with Crippen molar-refractivity contribution in [2.75, 3.05) is 20.3 Å². The Hall–Kier alpha value is -2.33. The number of aliphatic hydroxyl groups is 1. The van der Waals surface area contributed by atoms with Gasteiger partial charge < -0.3 is 14.6 Å². The summed E-state index contributed by atoms with van der Waals surface area (Å²) in [6, 6.07) is 16.3. The lowest BCUT2D eigenvalue weighted by Crippen LogP contribution is -2.33. The van der Waals surface area contributed by atoms with Gasteiger partial charge in [-0.25, -0.2) is 4.79 Å². The number of aliphatic hydroxyl groups excluding tert-OH is 1. The topological polar surface area (TPSA) is 55.8 Å². The van der Waals surface area contributed by atoms with Gasteiger partial charge in [-0.1, -0.05) is 37.3 Å². The Morgan fingerprint density at radius 2 is 1.73 bits per heavy atom. The molecular formula is C18H20O4. The van der Waals surface area contributed by atoms with E-state index in [2.05, 4.69) is 0 Å². The van der Waals surface area contributed by atoms with Gasteiger partial charge in [-0.15, -0.1) is 0 Å². The molecule has 0 bridgehead atoms. The van der Waals surface area contributed by atoms with Crippen LogP contribution >= 0.6 is 0 Å². The SMILES string of the molecule is COc1ccc(C(=O)OC[C@](C)(CO)c2ccccc2)cc1. The maximum Gasteiger partial charge on any atom is 0.338 e. The minimum absolute atomic E-state index is 0.104. The number of ether oxygens (including phenoxy) is 2. The summed E-state index contributed by atoms with van der Waals surface area (Å²) in [5.41, 5.74) is 0.762. The lowest BCUT2D eigenvalue weighted by molar-refractivity contribution is 0.0345. The molecule has 1 atom stereocenters. The minimum atomic E-state index is -0.622. The van der Waals surface area contributed by atoms with Gasteiger partial charge in [-0.2, -0.15) is 0 Å². The number of hydrogen-bond acceptors (Lipinski definition) is 4. The molecule has 0 amide bonds. The van der Waals surface area contributed by atoms with E-state index in [-0.39, 0.29) is 13.2 Å². The van der Waals surface area contributed by atoms with Gasteiger partial charge in [0.1, 0.15) is 12.4 Å². The molecule has 0 spiro atoms. The first-order chi connectivity index (χ1) is 10.6. The molecule has 0 saturated heterocycles. The number of esters is 1. The predicted octanol–water partition coefficient (Wildman–Crippen LogP) is 2.80. The van der Waals surface area contributed by atoms with Gasteiger partial charge in [0.25, 0.3) is 0 Å². The third-order valence-corrected chi connectivity index (χ3v) is 3.67. The second kappa shape index (κ2) is 7.09. The van der Waals surface area contributed by atoms with Gasteiger partial charge in [0, 0.05) is 5.41 Å². The van der Waals surface area contributed by atoms with E-state index in [9.17, 15) is 9.90 Å². The Kier molecular flexibility index (Phi) is 5.17. The quantitative estimate of drug-likeness (QED) is 0.834. The molecule has 22 heavy (non-hydrogen) atoms. The van der Waals surface area contributed by atoms with Crippen LogP contribution in [0.15, 0.2) is 54.6 Å². The molecule has 116 valence electrons. The van der Waals surface area contributed by atoms with E-state index in [4.69, 9.17) is 9.47 Å². The van der Waals surface area contributed by atoms with Crippen molar-refractivity contribution in [2.24, 2.45) is 0 Å². The molecule has 0 aliphatic heterocycles. The fourth-order valence-electron chi connectivity index (χ4n) is 2.10. The van der Waals surface area contributed by atoms with E-state index in [1.54, 1.807) is 31.4 Å². The summed E-state index contributed by atoms with van der Waals surface area (Å²) in [5.74, 6) is 0.263. The average molecular weight is 300 g/mol. The smallest absolute Gasteiger partial charge is 0.338 e. The van der Waals surface area contributed by atoms with E-state index in [0.29, 0.717) is 11.3 Å². The molecule has 0 aliphatic carbocycles. The lowest BCUT2D eigenvalue weighted by Gasteiger charge is -2.27. The molecule has 0 aliphatic rings. The first kappa shape index (κ1) is 16.0. The number of carbonyl (C=O) groups is 1. The molecule has 2 aromatic rings. The van der Waals surface area contributed by atoms with Crippen molar-refractivity contribution in [2.45, 2.75) is 12.3 Å². The summed E-state index contributed by atoms with van der Waals surface area (Å²) in [7, 11) is 1.57. The van der Waals surface area contributed by atoms with Crippen molar-refractivity contribution in [1.82, 2.24) is 0 Å².